The second-order valence-electron chi connectivity index (χ2n) is 6.08. The Kier molecular flexibility index (Phi) is 7.84. The molecule has 1 aromatic rings. The van der Waals surface area contributed by atoms with Crippen LogP contribution in [0.15, 0.2) is 4.99 Å². The maximum atomic E-state index is 5.54. The van der Waals surface area contributed by atoms with Crippen molar-refractivity contribution in [2.75, 3.05) is 39.1 Å². The highest BCUT2D eigenvalue weighted by Gasteiger charge is 2.32. The Morgan fingerprint density at radius 1 is 1.33 bits per heavy atom. The molecule has 2 heterocycles. The fourth-order valence-electron chi connectivity index (χ4n) is 2.82. The van der Waals surface area contributed by atoms with Crippen LogP contribution in [-0.4, -0.2) is 54.8 Å². The van der Waals surface area contributed by atoms with Crippen molar-refractivity contribution in [1.82, 2.24) is 15.6 Å². The van der Waals surface area contributed by atoms with Crippen LogP contribution in [-0.2, 0) is 11.2 Å². The lowest BCUT2D eigenvalue weighted by atomic mass is 9.99. The van der Waals surface area contributed by atoms with Gasteiger partial charge in [-0.15, -0.1) is 11.3 Å². The molecule has 0 saturated carbocycles. The average molecular weight is 371 g/mol. The number of thiazole rings is 1. The van der Waals surface area contributed by atoms with Crippen molar-refractivity contribution in [3.8, 4) is 0 Å². The first-order valence-electron chi connectivity index (χ1n) is 8.67. The molecule has 2 N–H and O–H groups in total. The zero-order valence-electron chi connectivity index (χ0n) is 15.3. The van der Waals surface area contributed by atoms with Gasteiger partial charge in [0.15, 0.2) is 5.96 Å². The minimum absolute atomic E-state index is 0.272. The van der Waals surface area contributed by atoms with E-state index in [1.807, 2.05) is 18.8 Å². The standard InChI is InChI=1S/C17H30N4OS2/c1-5-23-17(7-10-22-11-8-17)12-20-16(18-4)19-9-6-15-21-13(2)14(3)24-15/h5-12H2,1-4H3,(H2,18,19,20). The second-order valence-corrected chi connectivity index (χ2v) is 9.10. The highest BCUT2D eigenvalue weighted by atomic mass is 32.2. The third kappa shape index (κ3) is 5.63. The van der Waals surface area contributed by atoms with E-state index in [0.717, 1.165) is 63.0 Å². The van der Waals surface area contributed by atoms with Crippen LogP contribution < -0.4 is 10.6 Å². The molecular formula is C17H30N4OS2. The van der Waals surface area contributed by atoms with Gasteiger partial charge in [-0.2, -0.15) is 11.8 Å². The van der Waals surface area contributed by atoms with Crippen LogP contribution in [0.2, 0.25) is 0 Å². The van der Waals surface area contributed by atoms with E-state index in [2.05, 4.69) is 41.4 Å². The lowest BCUT2D eigenvalue weighted by Crippen LogP contribution is -2.48. The molecule has 136 valence electrons. The molecule has 1 saturated heterocycles. The molecular weight excluding hydrogens is 340 g/mol. The molecule has 24 heavy (non-hydrogen) atoms. The minimum Gasteiger partial charge on any atom is -0.381 e. The number of aromatic nitrogens is 1. The van der Waals surface area contributed by atoms with Crippen molar-refractivity contribution in [1.29, 1.82) is 0 Å². The Labute approximate surface area is 154 Å². The van der Waals surface area contributed by atoms with Gasteiger partial charge in [-0.25, -0.2) is 4.98 Å². The molecule has 1 fully saturated rings. The van der Waals surface area contributed by atoms with Crippen molar-refractivity contribution >= 4 is 29.1 Å². The summed E-state index contributed by atoms with van der Waals surface area (Å²) in [6, 6.07) is 0. The molecule has 7 heteroatoms. The first-order valence-corrected chi connectivity index (χ1v) is 10.5. The monoisotopic (exact) mass is 370 g/mol. The molecule has 0 atom stereocenters. The van der Waals surface area contributed by atoms with Crippen LogP contribution in [0.1, 0.15) is 35.3 Å². The fourth-order valence-corrected chi connectivity index (χ4v) is 5.00. The van der Waals surface area contributed by atoms with Crippen molar-refractivity contribution in [3.63, 3.8) is 0 Å². The summed E-state index contributed by atoms with van der Waals surface area (Å²) in [6.07, 6.45) is 3.14. The number of hydrogen-bond donors (Lipinski definition) is 2. The molecule has 2 rings (SSSR count). The molecule has 0 aliphatic carbocycles. The summed E-state index contributed by atoms with van der Waals surface area (Å²) in [7, 11) is 1.83. The van der Waals surface area contributed by atoms with E-state index < -0.39 is 0 Å². The summed E-state index contributed by atoms with van der Waals surface area (Å²) in [6.45, 7) is 9.94. The SMILES string of the molecule is CCSC1(CNC(=NC)NCCc2nc(C)c(C)s2)CCOCC1. The smallest absolute Gasteiger partial charge is 0.191 e. The van der Waals surface area contributed by atoms with E-state index in [0.29, 0.717) is 0 Å². The quantitative estimate of drug-likeness (QED) is 0.571. The maximum Gasteiger partial charge on any atom is 0.191 e. The molecule has 0 unspecified atom stereocenters. The molecule has 0 radical (unpaired) electrons. The number of guanidine groups is 1. The third-order valence-corrected chi connectivity index (χ3v) is 6.95. The lowest BCUT2D eigenvalue weighted by molar-refractivity contribution is 0.0782. The van der Waals surface area contributed by atoms with Gasteiger partial charge in [0.1, 0.15) is 0 Å². The fraction of sp³-hybridized carbons (Fsp3) is 0.765. The van der Waals surface area contributed by atoms with Crippen molar-refractivity contribution in [2.45, 2.75) is 44.8 Å². The van der Waals surface area contributed by atoms with Gasteiger partial charge in [0, 0.05) is 49.4 Å². The third-order valence-electron chi connectivity index (χ3n) is 4.36. The predicted octanol–water partition coefficient (Wildman–Crippen LogP) is 2.77. The highest BCUT2D eigenvalue weighted by molar-refractivity contribution is 8.00. The molecule has 5 nitrogen and oxygen atoms in total. The minimum atomic E-state index is 0.272. The number of aryl methyl sites for hydroxylation is 2. The van der Waals surface area contributed by atoms with E-state index >= 15 is 0 Å². The van der Waals surface area contributed by atoms with Gasteiger partial charge in [-0.1, -0.05) is 6.92 Å². The lowest BCUT2D eigenvalue weighted by Gasteiger charge is -2.37. The predicted molar refractivity (Wildman–Crippen MR) is 106 cm³/mol. The Morgan fingerprint density at radius 2 is 2.08 bits per heavy atom. The maximum absolute atomic E-state index is 5.54. The molecule has 0 spiro atoms. The summed E-state index contributed by atoms with van der Waals surface area (Å²) < 4.78 is 5.81. The van der Waals surface area contributed by atoms with Crippen molar-refractivity contribution in [3.05, 3.63) is 15.6 Å². The van der Waals surface area contributed by atoms with Crippen LogP contribution in [0.25, 0.3) is 0 Å². The van der Waals surface area contributed by atoms with Gasteiger partial charge in [-0.05, 0) is 32.4 Å². The number of nitrogens with zero attached hydrogens (tertiary/aromatic N) is 2. The number of ether oxygens (including phenoxy) is 1. The first kappa shape index (κ1) is 19.5. The van der Waals surface area contributed by atoms with Gasteiger partial charge in [0.2, 0.25) is 0 Å². The number of hydrogen-bond acceptors (Lipinski definition) is 5. The Bertz CT molecular complexity index is 514. The highest BCUT2D eigenvalue weighted by Crippen LogP contribution is 2.34. The van der Waals surface area contributed by atoms with Crippen molar-refractivity contribution in [2.24, 2.45) is 4.99 Å². The topological polar surface area (TPSA) is 58.5 Å². The van der Waals surface area contributed by atoms with Crippen molar-refractivity contribution < 1.29 is 4.74 Å². The van der Waals surface area contributed by atoms with Crippen LogP contribution in [0.3, 0.4) is 0 Å². The van der Waals surface area contributed by atoms with E-state index in [9.17, 15) is 0 Å². The Hall–Kier alpha value is -0.790. The van der Waals surface area contributed by atoms with Gasteiger partial charge in [-0.3, -0.25) is 4.99 Å². The van der Waals surface area contributed by atoms with E-state index in [4.69, 9.17) is 4.74 Å². The van der Waals surface area contributed by atoms with E-state index in [-0.39, 0.29) is 4.75 Å². The van der Waals surface area contributed by atoms with Gasteiger partial charge in [0.05, 0.1) is 10.7 Å². The first-order chi connectivity index (χ1) is 11.6. The summed E-state index contributed by atoms with van der Waals surface area (Å²) in [5, 5.41) is 8.11. The summed E-state index contributed by atoms with van der Waals surface area (Å²) in [5.41, 5.74) is 1.15. The van der Waals surface area contributed by atoms with E-state index in [1.165, 1.54) is 9.88 Å². The zero-order chi connectivity index (χ0) is 17.4. The van der Waals surface area contributed by atoms with Crippen LogP contribution >= 0.6 is 23.1 Å². The normalized spacial score (nSPS) is 17.8. The molecule has 0 amide bonds. The Morgan fingerprint density at radius 3 is 2.67 bits per heavy atom. The van der Waals surface area contributed by atoms with Crippen LogP contribution in [0.4, 0.5) is 0 Å². The Balaban J connectivity index is 1.78. The zero-order valence-corrected chi connectivity index (χ0v) is 16.9. The summed E-state index contributed by atoms with van der Waals surface area (Å²) >= 11 is 3.83. The van der Waals surface area contributed by atoms with Crippen LogP contribution in [0.5, 0.6) is 0 Å². The molecule has 0 bridgehead atoms. The van der Waals surface area contributed by atoms with E-state index in [1.54, 1.807) is 11.3 Å². The number of rotatable bonds is 7. The van der Waals surface area contributed by atoms with Crippen LogP contribution in [0, 0.1) is 13.8 Å². The van der Waals surface area contributed by atoms with Gasteiger partial charge >= 0.3 is 0 Å². The molecule has 1 aromatic heterocycles. The molecule has 1 aliphatic heterocycles. The number of aliphatic imine (C=N–C) groups is 1. The summed E-state index contributed by atoms with van der Waals surface area (Å²) in [5.74, 6) is 2.01. The second kappa shape index (κ2) is 9.63. The van der Waals surface area contributed by atoms with Gasteiger partial charge < -0.3 is 15.4 Å². The number of nitrogens with one attached hydrogen (secondary N) is 2. The molecule has 0 aromatic carbocycles. The number of thioether (sulfide) groups is 1. The largest absolute Gasteiger partial charge is 0.381 e. The summed E-state index contributed by atoms with van der Waals surface area (Å²) in [4.78, 5) is 10.3. The molecule has 1 aliphatic rings. The average Bonchev–Trinajstić information content (AvgIpc) is 2.90. The van der Waals surface area contributed by atoms with Gasteiger partial charge in [0.25, 0.3) is 0 Å².